The van der Waals surface area contributed by atoms with Gasteiger partial charge in [0.1, 0.15) is 12.1 Å². The van der Waals surface area contributed by atoms with Gasteiger partial charge in [-0.05, 0) is 42.0 Å². The Balaban J connectivity index is 1.63. The molecule has 7 nitrogen and oxygen atoms in total. The van der Waals surface area contributed by atoms with Crippen LogP contribution in [0, 0.1) is 0 Å². The summed E-state index contributed by atoms with van der Waals surface area (Å²) in [4.78, 5) is 37.7. The molecule has 2 aromatic carbocycles. The fourth-order valence-corrected chi connectivity index (χ4v) is 4.14. The van der Waals surface area contributed by atoms with Gasteiger partial charge in [-0.3, -0.25) is 9.59 Å². The Kier molecular flexibility index (Phi) is 7.18. The largest absolute Gasteiger partial charge is 0.481 e. The first-order valence-corrected chi connectivity index (χ1v) is 10.9. The van der Waals surface area contributed by atoms with Gasteiger partial charge in [0, 0.05) is 25.9 Å². The molecule has 2 aromatic rings. The molecule has 0 radical (unpaired) electrons. The van der Waals surface area contributed by atoms with Crippen LogP contribution in [0.2, 0.25) is 0 Å². The third-order valence-electron chi connectivity index (χ3n) is 6.13. The summed E-state index contributed by atoms with van der Waals surface area (Å²) in [6, 6.07) is 16.2. The van der Waals surface area contributed by atoms with Crippen LogP contribution in [0.3, 0.4) is 0 Å². The van der Waals surface area contributed by atoms with Crippen LogP contribution >= 0.6 is 0 Å². The quantitative estimate of drug-likeness (QED) is 0.617. The highest BCUT2D eigenvalue weighted by Crippen LogP contribution is 2.44. The Morgan fingerprint density at radius 1 is 1.06 bits per heavy atom. The van der Waals surface area contributed by atoms with E-state index in [4.69, 9.17) is 9.84 Å². The highest BCUT2D eigenvalue weighted by molar-refractivity contribution is 5.89. The Labute approximate surface area is 188 Å². The number of rotatable bonds is 9. The first-order chi connectivity index (χ1) is 15.3. The normalized spacial score (nSPS) is 14.1. The number of alkyl carbamates (subject to hydrolysis) is 1. The van der Waals surface area contributed by atoms with Crippen molar-refractivity contribution < 1.29 is 24.2 Å². The second-order valence-corrected chi connectivity index (χ2v) is 8.36. The van der Waals surface area contributed by atoms with E-state index in [2.05, 4.69) is 17.4 Å². The molecule has 0 aliphatic heterocycles. The van der Waals surface area contributed by atoms with E-state index in [1.165, 1.54) is 4.90 Å². The summed E-state index contributed by atoms with van der Waals surface area (Å²) in [5.74, 6) is -1.24. The highest BCUT2D eigenvalue weighted by atomic mass is 16.5. The molecule has 1 aliphatic rings. The summed E-state index contributed by atoms with van der Waals surface area (Å²) in [7, 11) is 1.61. The highest BCUT2D eigenvalue weighted by Gasteiger charge is 2.36. The molecule has 2 amide bonds. The first kappa shape index (κ1) is 23.3. The lowest BCUT2D eigenvalue weighted by atomic mass is 9.97. The number of amides is 2. The van der Waals surface area contributed by atoms with Crippen molar-refractivity contribution >= 4 is 18.0 Å². The van der Waals surface area contributed by atoms with Crippen molar-refractivity contribution in [2.75, 3.05) is 20.2 Å². The van der Waals surface area contributed by atoms with E-state index in [1.807, 2.05) is 43.3 Å². The van der Waals surface area contributed by atoms with Crippen LogP contribution < -0.4 is 5.32 Å². The van der Waals surface area contributed by atoms with Crippen LogP contribution in [0.4, 0.5) is 4.79 Å². The molecule has 1 unspecified atom stereocenters. The molecule has 2 N–H and O–H groups in total. The summed E-state index contributed by atoms with van der Waals surface area (Å²) in [5.41, 5.74) is 3.39. The van der Waals surface area contributed by atoms with E-state index < -0.39 is 17.6 Å². The molecule has 32 heavy (non-hydrogen) atoms. The monoisotopic (exact) mass is 438 g/mol. The fraction of sp³-hybridized carbons (Fsp3) is 0.400. The van der Waals surface area contributed by atoms with Gasteiger partial charge in [-0.1, -0.05) is 55.5 Å². The van der Waals surface area contributed by atoms with Crippen molar-refractivity contribution in [1.82, 2.24) is 10.2 Å². The number of fused-ring (bicyclic) bond motifs is 3. The molecule has 7 heteroatoms. The minimum absolute atomic E-state index is 0.0136. The van der Waals surface area contributed by atoms with Crippen molar-refractivity contribution in [3.05, 3.63) is 59.7 Å². The number of hydrogen-bond donors (Lipinski definition) is 2. The minimum atomic E-state index is -1.14. The molecule has 0 bridgehead atoms. The van der Waals surface area contributed by atoms with E-state index >= 15 is 0 Å². The lowest BCUT2D eigenvalue weighted by Gasteiger charge is -2.32. The van der Waals surface area contributed by atoms with Crippen LogP contribution in [-0.4, -0.2) is 53.7 Å². The molecule has 0 spiro atoms. The summed E-state index contributed by atoms with van der Waals surface area (Å²) < 4.78 is 5.58. The lowest BCUT2D eigenvalue weighted by molar-refractivity contribution is -0.139. The number of aliphatic carboxylic acids is 1. The number of nitrogens with one attached hydrogen (secondary N) is 1. The third-order valence-corrected chi connectivity index (χ3v) is 6.13. The maximum Gasteiger partial charge on any atom is 0.408 e. The molecule has 3 rings (SSSR count). The maximum atomic E-state index is 12.9. The Hall–Kier alpha value is -3.35. The molecule has 0 saturated carbocycles. The summed E-state index contributed by atoms with van der Waals surface area (Å²) in [6.45, 7) is 3.94. The summed E-state index contributed by atoms with van der Waals surface area (Å²) in [5, 5.41) is 11.5. The number of hydrogen-bond acceptors (Lipinski definition) is 4. The van der Waals surface area contributed by atoms with Crippen LogP contribution in [-0.2, 0) is 14.3 Å². The molecular formula is C25H30N2O5. The number of benzene rings is 2. The van der Waals surface area contributed by atoms with Crippen molar-refractivity contribution in [2.24, 2.45) is 0 Å². The molecule has 0 fully saturated rings. The van der Waals surface area contributed by atoms with Gasteiger partial charge in [0.2, 0.25) is 5.91 Å². The number of ether oxygens (including phenoxy) is 1. The maximum absolute atomic E-state index is 12.9. The van der Waals surface area contributed by atoms with Gasteiger partial charge in [0.05, 0.1) is 0 Å². The smallest absolute Gasteiger partial charge is 0.408 e. The van der Waals surface area contributed by atoms with E-state index in [9.17, 15) is 14.4 Å². The molecule has 170 valence electrons. The van der Waals surface area contributed by atoms with Gasteiger partial charge < -0.3 is 20.1 Å². The van der Waals surface area contributed by atoms with Crippen molar-refractivity contribution in [3.8, 4) is 11.1 Å². The van der Waals surface area contributed by atoms with Gasteiger partial charge >= 0.3 is 12.1 Å². The third kappa shape index (κ3) is 4.93. The molecule has 1 atom stereocenters. The second-order valence-electron chi connectivity index (χ2n) is 8.36. The Bertz CT molecular complexity index is 960. The van der Waals surface area contributed by atoms with Gasteiger partial charge in [-0.2, -0.15) is 0 Å². The predicted molar refractivity (Wildman–Crippen MR) is 121 cm³/mol. The Morgan fingerprint density at radius 3 is 2.16 bits per heavy atom. The van der Waals surface area contributed by atoms with Gasteiger partial charge in [0.25, 0.3) is 0 Å². The number of nitrogens with zero attached hydrogens (tertiary/aromatic N) is 1. The van der Waals surface area contributed by atoms with Crippen molar-refractivity contribution in [1.29, 1.82) is 0 Å². The van der Waals surface area contributed by atoms with E-state index in [0.29, 0.717) is 19.4 Å². The van der Waals surface area contributed by atoms with Crippen LogP contribution in [0.25, 0.3) is 11.1 Å². The number of carboxylic acid groups (broad SMARTS) is 1. The summed E-state index contributed by atoms with van der Waals surface area (Å²) >= 11 is 0. The van der Waals surface area contributed by atoms with E-state index in [1.54, 1.807) is 14.0 Å². The van der Waals surface area contributed by atoms with Gasteiger partial charge in [-0.15, -0.1) is 0 Å². The van der Waals surface area contributed by atoms with Gasteiger partial charge in [0.15, 0.2) is 0 Å². The molecular weight excluding hydrogens is 408 g/mol. The summed E-state index contributed by atoms with van der Waals surface area (Å²) in [6.07, 6.45) is 0.0607. The predicted octanol–water partition coefficient (Wildman–Crippen LogP) is 4.02. The van der Waals surface area contributed by atoms with E-state index in [0.717, 1.165) is 22.3 Å². The number of carboxylic acids is 1. The van der Waals surface area contributed by atoms with Crippen molar-refractivity contribution in [3.63, 3.8) is 0 Å². The van der Waals surface area contributed by atoms with Crippen LogP contribution in [0.15, 0.2) is 48.5 Å². The Morgan fingerprint density at radius 2 is 1.62 bits per heavy atom. The number of likely N-dealkylation sites (N-methyl/N-ethyl adjacent to an activating group) is 1. The van der Waals surface area contributed by atoms with Crippen LogP contribution in [0.5, 0.6) is 0 Å². The van der Waals surface area contributed by atoms with Crippen LogP contribution in [0.1, 0.15) is 50.2 Å². The lowest BCUT2D eigenvalue weighted by Crippen LogP contribution is -2.57. The molecule has 0 aromatic heterocycles. The fourth-order valence-electron chi connectivity index (χ4n) is 4.14. The minimum Gasteiger partial charge on any atom is -0.481 e. The van der Waals surface area contributed by atoms with Gasteiger partial charge in [-0.25, -0.2) is 4.79 Å². The second kappa shape index (κ2) is 9.85. The topological polar surface area (TPSA) is 95.9 Å². The van der Waals surface area contributed by atoms with Crippen molar-refractivity contribution in [2.45, 2.75) is 44.6 Å². The zero-order valence-corrected chi connectivity index (χ0v) is 18.8. The molecule has 0 saturated heterocycles. The zero-order valence-electron chi connectivity index (χ0n) is 18.8. The SMILES string of the molecule is CCC(C)(NC(=O)OCC1c2ccccc2-c2ccccc21)C(=O)N(C)CCCC(=O)O. The average Bonchev–Trinajstić information content (AvgIpc) is 3.10. The molecule has 1 aliphatic carbocycles. The number of carbonyl (C=O) groups is 3. The number of carbonyl (C=O) groups excluding carboxylic acids is 2. The molecule has 0 heterocycles. The average molecular weight is 439 g/mol. The zero-order chi connectivity index (χ0) is 23.3. The standard InChI is InChI=1S/C25H30N2O5/c1-4-25(2,23(30)27(3)15-9-14-22(28)29)26-24(31)32-16-21-19-12-7-5-10-17(19)18-11-6-8-13-20(18)21/h5-8,10-13,21H,4,9,14-16H2,1-3H3,(H,26,31)(H,28,29). The first-order valence-electron chi connectivity index (χ1n) is 10.9. The van der Waals surface area contributed by atoms with E-state index in [-0.39, 0.29) is 24.9 Å².